The summed E-state index contributed by atoms with van der Waals surface area (Å²) in [5.74, 6) is 1.23. The number of rotatable bonds is 6. The van der Waals surface area contributed by atoms with E-state index >= 15 is 0 Å². The van der Waals surface area contributed by atoms with E-state index in [1.54, 1.807) is 16.4 Å². The van der Waals surface area contributed by atoms with Crippen LogP contribution in [0.4, 0.5) is 0 Å². The number of hydrogen-bond acceptors (Lipinski definition) is 4. The fourth-order valence-electron chi connectivity index (χ4n) is 3.27. The Morgan fingerprint density at radius 3 is 2.90 bits per heavy atom. The summed E-state index contributed by atoms with van der Waals surface area (Å²) in [6.07, 6.45) is 4.23. The van der Waals surface area contributed by atoms with Gasteiger partial charge in [0.2, 0.25) is 5.09 Å². The molecule has 20 heavy (non-hydrogen) atoms. The van der Waals surface area contributed by atoms with Gasteiger partial charge in [0.25, 0.3) is 10.0 Å². The first-order valence-corrected chi connectivity index (χ1v) is 8.86. The van der Waals surface area contributed by atoms with Crippen LogP contribution in [0.3, 0.4) is 0 Å². The van der Waals surface area contributed by atoms with Crippen molar-refractivity contribution < 1.29 is 12.8 Å². The molecule has 1 aromatic rings. The maximum Gasteiger partial charge on any atom is 0.276 e. The first-order valence-electron chi connectivity index (χ1n) is 7.42. The van der Waals surface area contributed by atoms with Gasteiger partial charge in [0.1, 0.15) is 5.76 Å². The highest BCUT2D eigenvalue weighted by Gasteiger charge is 2.45. The van der Waals surface area contributed by atoms with Crippen LogP contribution in [0, 0.1) is 5.92 Å². The van der Waals surface area contributed by atoms with Gasteiger partial charge in [-0.25, -0.2) is 8.42 Å². The topological polar surface area (TPSA) is 62.6 Å². The standard InChI is InChI=1S/C14H22N2O3S/c1-2-7-15-9-13-5-6-14(19-13)20(17,18)16-10-11-3-4-12(16)8-11/h5-6,11-12,15H,2-4,7-10H2,1H3. The normalized spacial score (nSPS) is 26.4. The first-order chi connectivity index (χ1) is 9.61. The fourth-order valence-corrected chi connectivity index (χ4v) is 4.94. The summed E-state index contributed by atoms with van der Waals surface area (Å²) >= 11 is 0. The molecule has 2 fully saturated rings. The van der Waals surface area contributed by atoms with E-state index in [0.717, 1.165) is 25.8 Å². The van der Waals surface area contributed by atoms with E-state index in [2.05, 4.69) is 12.2 Å². The summed E-state index contributed by atoms with van der Waals surface area (Å²) in [6, 6.07) is 3.53. The highest BCUT2D eigenvalue weighted by Crippen LogP contribution is 2.40. The van der Waals surface area contributed by atoms with Crippen LogP contribution >= 0.6 is 0 Å². The lowest BCUT2D eigenvalue weighted by molar-refractivity contribution is 0.316. The molecule has 0 aromatic carbocycles. The highest BCUT2D eigenvalue weighted by molar-refractivity contribution is 7.89. The molecule has 1 saturated heterocycles. The van der Waals surface area contributed by atoms with E-state index in [1.165, 1.54) is 6.42 Å². The number of fused-ring (bicyclic) bond motifs is 2. The Bertz CT molecular complexity index is 567. The van der Waals surface area contributed by atoms with Crippen LogP contribution in [0.25, 0.3) is 0 Å². The molecule has 5 nitrogen and oxygen atoms in total. The van der Waals surface area contributed by atoms with E-state index in [-0.39, 0.29) is 11.1 Å². The quantitative estimate of drug-likeness (QED) is 0.815. The summed E-state index contributed by atoms with van der Waals surface area (Å²) < 4.78 is 32.3. The predicted molar refractivity (Wildman–Crippen MR) is 75.7 cm³/mol. The van der Waals surface area contributed by atoms with Gasteiger partial charge >= 0.3 is 0 Å². The maximum absolute atomic E-state index is 12.6. The lowest BCUT2D eigenvalue weighted by atomic mass is 10.1. The summed E-state index contributed by atoms with van der Waals surface area (Å²) in [5.41, 5.74) is 0. The average molecular weight is 298 g/mol. The van der Waals surface area contributed by atoms with E-state index in [1.807, 2.05) is 0 Å². The first kappa shape index (κ1) is 14.1. The van der Waals surface area contributed by atoms with Crippen LogP contribution in [0.15, 0.2) is 21.6 Å². The number of hydrogen-bond donors (Lipinski definition) is 1. The van der Waals surface area contributed by atoms with E-state index in [0.29, 0.717) is 24.8 Å². The van der Waals surface area contributed by atoms with Crippen LogP contribution in [0.5, 0.6) is 0 Å². The molecule has 1 aliphatic carbocycles. The van der Waals surface area contributed by atoms with Crippen molar-refractivity contribution in [3.8, 4) is 0 Å². The fraction of sp³-hybridized carbons (Fsp3) is 0.714. The molecule has 1 aliphatic heterocycles. The van der Waals surface area contributed by atoms with Gasteiger partial charge in [-0.15, -0.1) is 0 Å². The number of sulfonamides is 1. The molecule has 1 aromatic heterocycles. The van der Waals surface area contributed by atoms with Gasteiger partial charge in [0.15, 0.2) is 0 Å². The number of furan rings is 1. The zero-order valence-electron chi connectivity index (χ0n) is 11.8. The largest absolute Gasteiger partial charge is 0.447 e. The molecule has 2 atom stereocenters. The Morgan fingerprint density at radius 2 is 2.25 bits per heavy atom. The molecule has 3 rings (SSSR count). The van der Waals surface area contributed by atoms with Crippen molar-refractivity contribution in [3.63, 3.8) is 0 Å². The lowest BCUT2D eigenvalue weighted by Crippen LogP contribution is -2.37. The molecule has 0 spiro atoms. The Kier molecular flexibility index (Phi) is 3.88. The Balaban J connectivity index is 1.71. The van der Waals surface area contributed by atoms with Crippen LogP contribution in [-0.2, 0) is 16.6 Å². The van der Waals surface area contributed by atoms with Crippen molar-refractivity contribution in [1.82, 2.24) is 9.62 Å². The molecule has 0 radical (unpaired) electrons. The van der Waals surface area contributed by atoms with Gasteiger partial charge in [-0.2, -0.15) is 4.31 Å². The molecule has 0 amide bonds. The third-order valence-electron chi connectivity index (χ3n) is 4.28. The second-order valence-corrected chi connectivity index (χ2v) is 7.63. The molecule has 2 unspecified atom stereocenters. The van der Waals surface area contributed by atoms with Crippen molar-refractivity contribution in [2.45, 2.75) is 50.3 Å². The summed E-state index contributed by atoms with van der Waals surface area (Å²) in [6.45, 7) is 4.23. The number of piperidine rings is 1. The smallest absolute Gasteiger partial charge is 0.276 e. The van der Waals surface area contributed by atoms with Crippen molar-refractivity contribution in [1.29, 1.82) is 0 Å². The second-order valence-electron chi connectivity index (χ2n) is 5.81. The van der Waals surface area contributed by atoms with E-state index < -0.39 is 10.0 Å². The van der Waals surface area contributed by atoms with Crippen molar-refractivity contribution >= 4 is 10.0 Å². The molecular formula is C14H22N2O3S. The van der Waals surface area contributed by atoms with Gasteiger partial charge in [0, 0.05) is 12.6 Å². The third-order valence-corrected chi connectivity index (χ3v) is 6.08. The molecule has 2 bridgehead atoms. The monoisotopic (exact) mass is 298 g/mol. The van der Waals surface area contributed by atoms with Gasteiger partial charge < -0.3 is 9.73 Å². The molecule has 6 heteroatoms. The van der Waals surface area contributed by atoms with Gasteiger partial charge in [-0.05, 0) is 50.3 Å². The molecular weight excluding hydrogens is 276 g/mol. The number of nitrogens with zero attached hydrogens (tertiary/aromatic N) is 1. The summed E-state index contributed by atoms with van der Waals surface area (Å²) in [5, 5.41) is 3.31. The maximum atomic E-state index is 12.6. The molecule has 1 N–H and O–H groups in total. The van der Waals surface area contributed by atoms with Crippen molar-refractivity contribution in [2.75, 3.05) is 13.1 Å². The van der Waals surface area contributed by atoms with Crippen LogP contribution in [0.2, 0.25) is 0 Å². The average Bonchev–Trinajstić information content (AvgIpc) is 3.15. The predicted octanol–water partition coefficient (Wildman–Crippen LogP) is 1.95. The number of nitrogens with one attached hydrogen (secondary N) is 1. The third kappa shape index (κ3) is 2.52. The van der Waals surface area contributed by atoms with E-state index in [4.69, 9.17) is 4.42 Å². The van der Waals surface area contributed by atoms with Crippen LogP contribution < -0.4 is 5.32 Å². The molecule has 112 valence electrons. The van der Waals surface area contributed by atoms with Crippen LogP contribution in [-0.4, -0.2) is 31.9 Å². The van der Waals surface area contributed by atoms with Crippen molar-refractivity contribution in [3.05, 3.63) is 17.9 Å². The Hall–Kier alpha value is -0.850. The van der Waals surface area contributed by atoms with Gasteiger partial charge in [0.05, 0.1) is 6.54 Å². The van der Waals surface area contributed by atoms with E-state index in [9.17, 15) is 8.42 Å². The lowest BCUT2D eigenvalue weighted by Gasteiger charge is -2.24. The Labute approximate surface area is 120 Å². The van der Waals surface area contributed by atoms with Gasteiger partial charge in [-0.1, -0.05) is 6.92 Å². The zero-order valence-corrected chi connectivity index (χ0v) is 12.7. The molecule has 2 heterocycles. The SMILES string of the molecule is CCCNCc1ccc(S(=O)(=O)N2CC3CCC2C3)o1. The minimum Gasteiger partial charge on any atom is -0.447 e. The minimum absolute atomic E-state index is 0.0957. The second kappa shape index (κ2) is 5.50. The molecule has 2 aliphatic rings. The highest BCUT2D eigenvalue weighted by atomic mass is 32.2. The van der Waals surface area contributed by atoms with Gasteiger partial charge in [-0.3, -0.25) is 0 Å². The van der Waals surface area contributed by atoms with Crippen LogP contribution in [0.1, 0.15) is 38.4 Å². The Morgan fingerprint density at radius 1 is 1.40 bits per heavy atom. The zero-order chi connectivity index (χ0) is 14.2. The molecule has 1 saturated carbocycles. The summed E-state index contributed by atoms with van der Waals surface area (Å²) in [4.78, 5) is 0. The summed E-state index contributed by atoms with van der Waals surface area (Å²) in [7, 11) is -3.44. The minimum atomic E-state index is -3.44. The van der Waals surface area contributed by atoms with Crippen molar-refractivity contribution in [2.24, 2.45) is 5.92 Å².